The summed E-state index contributed by atoms with van der Waals surface area (Å²) in [5.74, 6) is 0.801. The van der Waals surface area contributed by atoms with Gasteiger partial charge in [-0.05, 0) is 24.3 Å². The molecule has 0 saturated heterocycles. The molecule has 0 atom stereocenters. The number of fused-ring (bicyclic) bond motifs is 6. The first-order chi connectivity index (χ1) is 12.9. The van der Waals surface area contributed by atoms with Crippen LogP contribution in [0.2, 0.25) is 0 Å². The molecule has 0 unspecified atom stereocenters. The van der Waals surface area contributed by atoms with E-state index in [0.29, 0.717) is 0 Å². The van der Waals surface area contributed by atoms with Crippen LogP contribution in [0.1, 0.15) is 0 Å². The van der Waals surface area contributed by atoms with Crippen molar-refractivity contribution in [3.63, 3.8) is 0 Å². The maximum absolute atomic E-state index is 5.99. The third-order valence-corrected chi connectivity index (χ3v) is 4.75. The van der Waals surface area contributed by atoms with Gasteiger partial charge >= 0.3 is 0 Å². The van der Waals surface area contributed by atoms with E-state index in [1.165, 1.54) is 0 Å². The summed E-state index contributed by atoms with van der Waals surface area (Å²) in [6.07, 6.45) is 3.39. The molecular weight excluding hydrogens is 324 g/mol. The number of hydrogen-bond donors (Lipinski definition) is 1. The molecule has 6 rings (SSSR count). The molecule has 0 saturated carbocycles. The van der Waals surface area contributed by atoms with Gasteiger partial charge in [0.2, 0.25) is 0 Å². The SMILES string of the molecule is c1ccc2c(c1)oc1cccc(-c3nc4c(ccc5nccnc54)[nH]3)c12. The minimum Gasteiger partial charge on any atom is -0.456 e. The van der Waals surface area contributed by atoms with E-state index in [1.54, 1.807) is 12.4 Å². The van der Waals surface area contributed by atoms with E-state index in [4.69, 9.17) is 9.40 Å². The molecule has 0 amide bonds. The Morgan fingerprint density at radius 3 is 2.65 bits per heavy atom. The summed E-state index contributed by atoms with van der Waals surface area (Å²) in [6, 6.07) is 18.1. The molecule has 5 heteroatoms. The van der Waals surface area contributed by atoms with Crippen molar-refractivity contribution in [1.82, 2.24) is 19.9 Å². The van der Waals surface area contributed by atoms with Crippen LogP contribution in [-0.2, 0) is 0 Å². The van der Waals surface area contributed by atoms with E-state index in [0.717, 1.165) is 55.4 Å². The van der Waals surface area contributed by atoms with Crippen LogP contribution in [0, 0.1) is 0 Å². The molecular formula is C21H12N4O. The van der Waals surface area contributed by atoms with Crippen molar-refractivity contribution < 1.29 is 4.42 Å². The van der Waals surface area contributed by atoms with E-state index in [1.807, 2.05) is 42.5 Å². The first-order valence-corrected chi connectivity index (χ1v) is 8.38. The molecule has 3 aromatic carbocycles. The van der Waals surface area contributed by atoms with Crippen molar-refractivity contribution in [2.24, 2.45) is 0 Å². The summed E-state index contributed by atoms with van der Waals surface area (Å²) < 4.78 is 5.99. The Morgan fingerprint density at radius 2 is 1.65 bits per heavy atom. The standard InChI is InChI=1S/C21H12N4O/c1-2-6-16-12(4-1)18-13(5-3-7-17(18)26-16)21-24-15-9-8-14-19(20(15)25-21)23-11-10-22-14/h1-11H,(H,24,25). The lowest BCUT2D eigenvalue weighted by atomic mass is 10.1. The van der Waals surface area contributed by atoms with Gasteiger partial charge in [0.25, 0.3) is 0 Å². The number of furan rings is 1. The number of benzene rings is 3. The van der Waals surface area contributed by atoms with Gasteiger partial charge in [-0.1, -0.05) is 30.3 Å². The highest BCUT2D eigenvalue weighted by atomic mass is 16.3. The van der Waals surface area contributed by atoms with Crippen LogP contribution in [0.5, 0.6) is 0 Å². The summed E-state index contributed by atoms with van der Waals surface area (Å²) in [5.41, 5.74) is 6.16. The first-order valence-electron chi connectivity index (χ1n) is 8.38. The molecule has 1 N–H and O–H groups in total. The Balaban J connectivity index is 1.72. The van der Waals surface area contributed by atoms with E-state index < -0.39 is 0 Å². The molecule has 0 bridgehead atoms. The minimum absolute atomic E-state index is 0.801. The second-order valence-corrected chi connectivity index (χ2v) is 6.25. The Hall–Kier alpha value is -3.73. The highest BCUT2D eigenvalue weighted by Gasteiger charge is 2.15. The molecule has 0 aliphatic heterocycles. The lowest BCUT2D eigenvalue weighted by Crippen LogP contribution is -1.83. The van der Waals surface area contributed by atoms with Crippen molar-refractivity contribution in [3.8, 4) is 11.4 Å². The third-order valence-electron chi connectivity index (χ3n) is 4.75. The van der Waals surface area contributed by atoms with Crippen molar-refractivity contribution >= 4 is 44.0 Å². The van der Waals surface area contributed by atoms with Gasteiger partial charge in [-0.25, -0.2) is 4.98 Å². The quantitative estimate of drug-likeness (QED) is 0.455. The van der Waals surface area contributed by atoms with E-state index >= 15 is 0 Å². The minimum atomic E-state index is 0.801. The van der Waals surface area contributed by atoms with E-state index in [9.17, 15) is 0 Å². The van der Waals surface area contributed by atoms with E-state index in [2.05, 4.69) is 27.1 Å². The Morgan fingerprint density at radius 1 is 0.769 bits per heavy atom. The van der Waals surface area contributed by atoms with Crippen molar-refractivity contribution in [2.45, 2.75) is 0 Å². The number of H-pyrrole nitrogens is 1. The molecule has 0 aliphatic carbocycles. The second-order valence-electron chi connectivity index (χ2n) is 6.25. The van der Waals surface area contributed by atoms with Crippen molar-refractivity contribution in [3.05, 3.63) is 67.0 Å². The molecule has 26 heavy (non-hydrogen) atoms. The van der Waals surface area contributed by atoms with Crippen molar-refractivity contribution in [2.75, 3.05) is 0 Å². The van der Waals surface area contributed by atoms with Crippen LogP contribution < -0.4 is 0 Å². The first kappa shape index (κ1) is 13.5. The fraction of sp³-hybridized carbons (Fsp3) is 0. The summed E-state index contributed by atoms with van der Waals surface area (Å²) in [4.78, 5) is 17.1. The van der Waals surface area contributed by atoms with Gasteiger partial charge in [-0.15, -0.1) is 0 Å². The summed E-state index contributed by atoms with van der Waals surface area (Å²) in [7, 11) is 0. The highest BCUT2D eigenvalue weighted by molar-refractivity contribution is 6.12. The summed E-state index contributed by atoms with van der Waals surface area (Å²) in [6.45, 7) is 0. The van der Waals surface area contributed by atoms with Gasteiger partial charge in [0.1, 0.15) is 28.0 Å². The van der Waals surface area contributed by atoms with Crippen LogP contribution >= 0.6 is 0 Å². The number of rotatable bonds is 1. The Labute approximate surface area is 147 Å². The molecule has 0 radical (unpaired) electrons. The highest BCUT2D eigenvalue weighted by Crippen LogP contribution is 2.36. The smallest absolute Gasteiger partial charge is 0.139 e. The predicted octanol–water partition coefficient (Wildman–Crippen LogP) is 5.07. The van der Waals surface area contributed by atoms with Crippen LogP contribution in [-0.4, -0.2) is 19.9 Å². The number of imidazole rings is 1. The zero-order chi connectivity index (χ0) is 17.1. The van der Waals surface area contributed by atoms with Gasteiger partial charge in [0.05, 0.1) is 11.0 Å². The molecule has 5 nitrogen and oxygen atoms in total. The maximum atomic E-state index is 5.99. The average molecular weight is 336 g/mol. The zero-order valence-corrected chi connectivity index (χ0v) is 13.6. The predicted molar refractivity (Wildman–Crippen MR) is 102 cm³/mol. The topological polar surface area (TPSA) is 67.6 Å². The normalized spacial score (nSPS) is 11.8. The van der Waals surface area contributed by atoms with Crippen LogP contribution in [0.4, 0.5) is 0 Å². The summed E-state index contributed by atoms with van der Waals surface area (Å²) in [5, 5.41) is 2.15. The van der Waals surface area contributed by atoms with Crippen LogP contribution in [0.15, 0.2) is 71.4 Å². The second kappa shape index (κ2) is 4.89. The molecule has 0 fully saturated rings. The van der Waals surface area contributed by atoms with Crippen molar-refractivity contribution in [1.29, 1.82) is 0 Å². The molecule has 0 aliphatic rings. The lowest BCUT2D eigenvalue weighted by molar-refractivity contribution is 0.669. The van der Waals surface area contributed by atoms with Gasteiger partial charge in [0.15, 0.2) is 0 Å². The maximum Gasteiger partial charge on any atom is 0.139 e. The van der Waals surface area contributed by atoms with Gasteiger partial charge in [0, 0.05) is 28.7 Å². The molecule has 6 aromatic rings. The van der Waals surface area contributed by atoms with Crippen LogP contribution in [0.25, 0.3) is 55.4 Å². The molecule has 3 aromatic heterocycles. The molecule has 3 heterocycles. The number of para-hydroxylation sites is 1. The lowest BCUT2D eigenvalue weighted by Gasteiger charge is -1.99. The molecule has 0 spiro atoms. The summed E-state index contributed by atoms with van der Waals surface area (Å²) >= 11 is 0. The fourth-order valence-electron chi connectivity index (χ4n) is 3.60. The number of hydrogen-bond acceptors (Lipinski definition) is 4. The largest absolute Gasteiger partial charge is 0.456 e. The Bertz CT molecular complexity index is 1440. The average Bonchev–Trinajstić information content (AvgIpc) is 3.29. The van der Waals surface area contributed by atoms with Gasteiger partial charge in [-0.2, -0.15) is 0 Å². The fourth-order valence-corrected chi connectivity index (χ4v) is 3.60. The third kappa shape index (κ3) is 1.77. The molecule has 122 valence electrons. The van der Waals surface area contributed by atoms with E-state index in [-0.39, 0.29) is 0 Å². The Kier molecular flexibility index (Phi) is 2.55. The zero-order valence-electron chi connectivity index (χ0n) is 13.6. The number of aromatic nitrogens is 4. The number of nitrogens with zero attached hydrogens (tertiary/aromatic N) is 3. The van der Waals surface area contributed by atoms with Crippen LogP contribution in [0.3, 0.4) is 0 Å². The number of nitrogens with one attached hydrogen (secondary N) is 1. The van der Waals surface area contributed by atoms with Gasteiger partial charge in [-0.3, -0.25) is 9.97 Å². The van der Waals surface area contributed by atoms with Gasteiger partial charge < -0.3 is 9.40 Å². The number of aromatic amines is 1. The monoisotopic (exact) mass is 336 g/mol.